The van der Waals surface area contributed by atoms with Crippen molar-refractivity contribution >= 4 is 22.4 Å². The average molecular weight is 360 g/mol. The number of fused-ring (bicyclic) bond motifs is 2. The average Bonchev–Trinajstić information content (AvgIpc) is 2.91. The van der Waals surface area contributed by atoms with Crippen LogP contribution in [0.3, 0.4) is 0 Å². The van der Waals surface area contributed by atoms with E-state index in [2.05, 4.69) is 37.1 Å². The largest absolute Gasteiger partial charge is 0.365 e. The van der Waals surface area contributed by atoms with Crippen molar-refractivity contribution in [1.82, 2.24) is 14.4 Å². The van der Waals surface area contributed by atoms with Gasteiger partial charge in [-0.2, -0.15) is 0 Å². The fourth-order valence-electron chi connectivity index (χ4n) is 3.32. The topological polar surface area (TPSA) is 62.2 Å². The van der Waals surface area contributed by atoms with E-state index in [4.69, 9.17) is 4.98 Å². The zero-order valence-corrected chi connectivity index (χ0v) is 16.3. The summed E-state index contributed by atoms with van der Waals surface area (Å²) in [7, 11) is 0. The first kappa shape index (κ1) is 17.3. The van der Waals surface area contributed by atoms with Crippen molar-refractivity contribution in [3.05, 3.63) is 64.1 Å². The lowest BCUT2D eigenvalue weighted by atomic mass is 10.1. The molecule has 2 N–H and O–H groups in total. The fraction of sp³-hybridized carbons (Fsp3) is 0.273. The quantitative estimate of drug-likeness (QED) is 0.546. The monoisotopic (exact) mass is 360 g/mol. The molecule has 4 rings (SSSR count). The molecule has 27 heavy (non-hydrogen) atoms. The SMILES string of the molecule is Cc1ccc2[nH]c(=O)c(-c3nc4ccc(C)cn4c3NC(C)(C)C)cc2c1. The summed E-state index contributed by atoms with van der Waals surface area (Å²) >= 11 is 0. The van der Waals surface area contributed by atoms with Gasteiger partial charge in [0.2, 0.25) is 0 Å². The third-order valence-electron chi connectivity index (χ3n) is 4.51. The molecule has 5 nitrogen and oxygen atoms in total. The van der Waals surface area contributed by atoms with Gasteiger partial charge in [-0.3, -0.25) is 9.20 Å². The van der Waals surface area contributed by atoms with Gasteiger partial charge in [0.05, 0.1) is 5.56 Å². The van der Waals surface area contributed by atoms with E-state index < -0.39 is 0 Å². The van der Waals surface area contributed by atoms with Crippen LogP contribution in [0.1, 0.15) is 31.9 Å². The van der Waals surface area contributed by atoms with Gasteiger partial charge in [-0.15, -0.1) is 0 Å². The molecule has 1 aromatic carbocycles. The number of hydrogen-bond donors (Lipinski definition) is 2. The molecule has 0 saturated carbocycles. The molecule has 0 amide bonds. The predicted molar refractivity (Wildman–Crippen MR) is 112 cm³/mol. The van der Waals surface area contributed by atoms with Crippen LogP contribution < -0.4 is 10.9 Å². The number of aromatic amines is 1. The molecule has 0 aliphatic rings. The summed E-state index contributed by atoms with van der Waals surface area (Å²) in [6, 6.07) is 12.0. The number of nitrogens with one attached hydrogen (secondary N) is 2. The maximum atomic E-state index is 12.8. The van der Waals surface area contributed by atoms with Crippen molar-refractivity contribution in [2.24, 2.45) is 0 Å². The van der Waals surface area contributed by atoms with Crippen LogP contribution in [0.15, 0.2) is 47.4 Å². The minimum atomic E-state index is -0.172. The van der Waals surface area contributed by atoms with Crippen molar-refractivity contribution in [3.63, 3.8) is 0 Å². The van der Waals surface area contributed by atoms with Crippen molar-refractivity contribution < 1.29 is 0 Å². The number of pyridine rings is 2. The first-order valence-corrected chi connectivity index (χ1v) is 9.12. The van der Waals surface area contributed by atoms with E-state index in [0.29, 0.717) is 11.3 Å². The maximum Gasteiger partial charge on any atom is 0.258 e. The molecule has 0 unspecified atom stereocenters. The second-order valence-corrected chi connectivity index (χ2v) is 8.22. The molecular weight excluding hydrogens is 336 g/mol. The first-order chi connectivity index (χ1) is 12.7. The highest BCUT2D eigenvalue weighted by molar-refractivity contribution is 5.86. The highest BCUT2D eigenvalue weighted by atomic mass is 16.1. The van der Waals surface area contributed by atoms with Gasteiger partial charge in [0.25, 0.3) is 5.56 Å². The molecule has 3 heterocycles. The molecule has 0 spiro atoms. The number of imidazole rings is 1. The number of aromatic nitrogens is 3. The van der Waals surface area contributed by atoms with Crippen LogP contribution in [0.2, 0.25) is 0 Å². The lowest BCUT2D eigenvalue weighted by molar-refractivity contribution is 0.629. The lowest BCUT2D eigenvalue weighted by Gasteiger charge is -2.22. The summed E-state index contributed by atoms with van der Waals surface area (Å²) in [5.74, 6) is 0.832. The molecule has 0 fully saturated rings. The second-order valence-electron chi connectivity index (χ2n) is 8.22. The normalized spacial score (nSPS) is 12.0. The highest BCUT2D eigenvalue weighted by Gasteiger charge is 2.21. The molecule has 0 aliphatic carbocycles. The Morgan fingerprint density at radius 2 is 1.78 bits per heavy atom. The van der Waals surface area contributed by atoms with Crippen molar-refractivity contribution in [1.29, 1.82) is 0 Å². The van der Waals surface area contributed by atoms with Crippen molar-refractivity contribution in [2.75, 3.05) is 5.32 Å². The van der Waals surface area contributed by atoms with Crippen molar-refractivity contribution in [3.8, 4) is 11.3 Å². The van der Waals surface area contributed by atoms with Crippen LogP contribution in [0.4, 0.5) is 5.82 Å². The van der Waals surface area contributed by atoms with Crippen LogP contribution in [0, 0.1) is 13.8 Å². The highest BCUT2D eigenvalue weighted by Crippen LogP contribution is 2.30. The Kier molecular flexibility index (Phi) is 3.84. The van der Waals surface area contributed by atoms with E-state index >= 15 is 0 Å². The van der Waals surface area contributed by atoms with E-state index in [-0.39, 0.29) is 11.1 Å². The van der Waals surface area contributed by atoms with Gasteiger partial charge in [-0.1, -0.05) is 17.7 Å². The summed E-state index contributed by atoms with van der Waals surface area (Å²) in [5.41, 5.74) is 4.86. The van der Waals surface area contributed by atoms with Crippen LogP contribution >= 0.6 is 0 Å². The number of rotatable bonds is 2. The maximum absolute atomic E-state index is 12.8. The number of nitrogens with zero attached hydrogens (tertiary/aromatic N) is 2. The Bertz CT molecular complexity index is 1220. The summed E-state index contributed by atoms with van der Waals surface area (Å²) < 4.78 is 2.02. The van der Waals surface area contributed by atoms with E-state index in [9.17, 15) is 4.79 Å². The Labute approximate surface area is 158 Å². The molecule has 0 atom stereocenters. The zero-order chi connectivity index (χ0) is 19.3. The van der Waals surface area contributed by atoms with Crippen LogP contribution in [-0.2, 0) is 0 Å². The predicted octanol–water partition coefficient (Wildman–Crippen LogP) is 4.67. The molecule has 0 radical (unpaired) electrons. The summed E-state index contributed by atoms with van der Waals surface area (Å²) in [5, 5.41) is 4.53. The van der Waals surface area contributed by atoms with E-state index in [1.807, 2.05) is 54.8 Å². The van der Waals surface area contributed by atoms with Crippen LogP contribution in [0.25, 0.3) is 27.8 Å². The molecule has 4 aromatic rings. The van der Waals surface area contributed by atoms with Gasteiger partial charge in [0, 0.05) is 17.3 Å². The molecule has 0 aliphatic heterocycles. The molecule has 0 saturated heterocycles. The van der Waals surface area contributed by atoms with E-state index in [0.717, 1.165) is 33.5 Å². The Balaban J connectivity index is 2.03. The number of H-pyrrole nitrogens is 1. The van der Waals surface area contributed by atoms with Gasteiger partial charge in [-0.25, -0.2) is 4.98 Å². The van der Waals surface area contributed by atoms with Gasteiger partial charge in [0.15, 0.2) is 0 Å². The molecular formula is C22H24N4O. The third kappa shape index (κ3) is 3.21. The first-order valence-electron chi connectivity index (χ1n) is 9.12. The van der Waals surface area contributed by atoms with Gasteiger partial charge < -0.3 is 10.3 Å². The summed E-state index contributed by atoms with van der Waals surface area (Å²) in [4.78, 5) is 20.6. The molecule has 3 aromatic heterocycles. The van der Waals surface area contributed by atoms with Crippen LogP contribution in [0.5, 0.6) is 0 Å². The summed E-state index contributed by atoms with van der Waals surface area (Å²) in [6.07, 6.45) is 2.04. The van der Waals surface area contributed by atoms with E-state index in [1.54, 1.807) is 0 Å². The Morgan fingerprint density at radius 3 is 2.52 bits per heavy atom. The van der Waals surface area contributed by atoms with E-state index in [1.165, 1.54) is 0 Å². The third-order valence-corrected chi connectivity index (χ3v) is 4.51. The lowest BCUT2D eigenvalue weighted by Crippen LogP contribution is -2.27. The zero-order valence-electron chi connectivity index (χ0n) is 16.3. The summed E-state index contributed by atoms with van der Waals surface area (Å²) in [6.45, 7) is 10.4. The standard InChI is InChI=1S/C22H24N4O/c1-13-6-8-17-15(10-13)11-16(21(27)23-17)19-20(25-22(3,4)5)26-12-14(2)7-9-18(26)24-19/h6-12,25H,1-5H3,(H,23,27). The fourth-order valence-corrected chi connectivity index (χ4v) is 3.32. The second kappa shape index (κ2) is 5.98. The van der Waals surface area contributed by atoms with Crippen molar-refractivity contribution in [2.45, 2.75) is 40.2 Å². The minimum absolute atomic E-state index is 0.136. The Morgan fingerprint density at radius 1 is 1.04 bits per heavy atom. The Hall–Kier alpha value is -3.08. The smallest absolute Gasteiger partial charge is 0.258 e. The van der Waals surface area contributed by atoms with Gasteiger partial charge in [0.1, 0.15) is 17.2 Å². The van der Waals surface area contributed by atoms with Gasteiger partial charge in [-0.05, 0) is 69.8 Å². The molecule has 0 bridgehead atoms. The molecule has 138 valence electrons. The number of hydrogen-bond acceptors (Lipinski definition) is 3. The van der Waals surface area contributed by atoms with Crippen LogP contribution in [-0.4, -0.2) is 19.9 Å². The number of anilines is 1. The molecule has 5 heteroatoms. The number of aryl methyl sites for hydroxylation is 2. The van der Waals surface area contributed by atoms with Gasteiger partial charge >= 0.3 is 0 Å². The minimum Gasteiger partial charge on any atom is -0.365 e. The number of benzene rings is 1.